The largest absolute Gasteiger partial charge is 0.456 e. The molecule has 2 nitrogen and oxygen atoms in total. The van der Waals surface area contributed by atoms with Crippen molar-refractivity contribution in [1.29, 1.82) is 0 Å². The molecule has 4 rings (SSSR count). The van der Waals surface area contributed by atoms with Crippen molar-refractivity contribution < 1.29 is 4.42 Å². The summed E-state index contributed by atoms with van der Waals surface area (Å²) in [5.74, 6) is 0.941. The zero-order valence-corrected chi connectivity index (χ0v) is 10.3. The van der Waals surface area contributed by atoms with Crippen LogP contribution in [0, 0.1) is 0 Å². The molecule has 0 atom stereocenters. The highest BCUT2D eigenvalue weighted by atomic mass is 35.5. The van der Waals surface area contributed by atoms with Crippen LogP contribution in [0.1, 0.15) is 11.3 Å². The fourth-order valence-corrected chi connectivity index (χ4v) is 2.79. The molecule has 1 N–H and O–H groups in total. The Hall–Kier alpha value is -1.93. The Labute approximate surface area is 109 Å². The lowest BCUT2D eigenvalue weighted by molar-refractivity contribution is 0.595. The first kappa shape index (κ1) is 10.0. The van der Waals surface area contributed by atoms with Gasteiger partial charge in [-0.1, -0.05) is 35.9 Å². The van der Waals surface area contributed by atoms with Crippen molar-refractivity contribution in [2.24, 2.45) is 0 Å². The molecule has 3 heteroatoms. The molecule has 1 aliphatic heterocycles. The van der Waals surface area contributed by atoms with Crippen LogP contribution >= 0.6 is 11.6 Å². The molecular formula is C15H10ClNO. The monoisotopic (exact) mass is 255 g/mol. The Kier molecular flexibility index (Phi) is 1.97. The third kappa shape index (κ3) is 1.24. The van der Waals surface area contributed by atoms with Gasteiger partial charge in [-0.05, 0) is 12.1 Å². The maximum absolute atomic E-state index is 6.22. The van der Waals surface area contributed by atoms with E-state index in [1.807, 2.05) is 24.4 Å². The van der Waals surface area contributed by atoms with E-state index in [9.17, 15) is 0 Å². The molecule has 2 heterocycles. The lowest BCUT2D eigenvalue weighted by Crippen LogP contribution is -2.08. The zero-order chi connectivity index (χ0) is 12.1. The van der Waals surface area contributed by atoms with E-state index >= 15 is 0 Å². The van der Waals surface area contributed by atoms with Gasteiger partial charge in [0.05, 0.1) is 0 Å². The topological polar surface area (TPSA) is 25.2 Å². The van der Waals surface area contributed by atoms with Crippen LogP contribution in [-0.4, -0.2) is 0 Å². The maximum Gasteiger partial charge on any atom is 0.143 e. The summed E-state index contributed by atoms with van der Waals surface area (Å²) < 4.78 is 5.97. The summed E-state index contributed by atoms with van der Waals surface area (Å²) in [4.78, 5) is 0. The highest BCUT2D eigenvalue weighted by Crippen LogP contribution is 2.35. The van der Waals surface area contributed by atoms with Gasteiger partial charge < -0.3 is 9.73 Å². The number of rotatable bonds is 0. The molecule has 0 radical (unpaired) electrons. The van der Waals surface area contributed by atoms with Crippen molar-refractivity contribution in [2.45, 2.75) is 6.54 Å². The zero-order valence-electron chi connectivity index (χ0n) is 9.53. The second-order valence-electron chi connectivity index (χ2n) is 4.44. The fraction of sp³-hybridized carbons (Fsp3) is 0.0667. The van der Waals surface area contributed by atoms with Gasteiger partial charge in [-0.3, -0.25) is 0 Å². The number of hydrogen-bond acceptors (Lipinski definition) is 2. The van der Waals surface area contributed by atoms with Crippen molar-refractivity contribution in [1.82, 2.24) is 5.32 Å². The van der Waals surface area contributed by atoms with E-state index in [-0.39, 0.29) is 0 Å². The minimum atomic E-state index is 0.762. The number of nitrogens with one attached hydrogen (secondary N) is 1. The molecule has 0 aliphatic carbocycles. The normalized spacial score (nSPS) is 13.8. The van der Waals surface area contributed by atoms with E-state index in [0.717, 1.165) is 39.1 Å². The summed E-state index contributed by atoms with van der Waals surface area (Å²) >= 11 is 6.22. The highest BCUT2D eigenvalue weighted by molar-refractivity contribution is 6.36. The van der Waals surface area contributed by atoms with Crippen LogP contribution in [-0.2, 0) is 6.54 Å². The maximum atomic E-state index is 6.22. The van der Waals surface area contributed by atoms with Crippen molar-refractivity contribution in [3.8, 4) is 0 Å². The van der Waals surface area contributed by atoms with E-state index in [4.69, 9.17) is 16.0 Å². The van der Waals surface area contributed by atoms with Gasteiger partial charge >= 0.3 is 0 Å². The SMILES string of the molecule is Clc1cccc2c1ccc1c3c(oc12)C=CNC3. The third-order valence-corrected chi connectivity index (χ3v) is 3.75. The van der Waals surface area contributed by atoms with E-state index < -0.39 is 0 Å². The van der Waals surface area contributed by atoms with Crippen molar-refractivity contribution in [3.05, 3.63) is 52.9 Å². The Bertz CT molecular complexity index is 801. The quantitative estimate of drug-likeness (QED) is 0.647. The van der Waals surface area contributed by atoms with Gasteiger partial charge in [0.2, 0.25) is 0 Å². The Morgan fingerprint density at radius 2 is 1.94 bits per heavy atom. The summed E-state index contributed by atoms with van der Waals surface area (Å²) in [6.07, 6.45) is 3.88. The van der Waals surface area contributed by atoms with Crippen molar-refractivity contribution in [2.75, 3.05) is 0 Å². The molecule has 0 spiro atoms. The van der Waals surface area contributed by atoms with E-state index in [1.54, 1.807) is 0 Å². The number of furan rings is 1. The van der Waals surface area contributed by atoms with E-state index in [2.05, 4.69) is 23.5 Å². The van der Waals surface area contributed by atoms with E-state index in [1.165, 1.54) is 5.56 Å². The molecule has 1 aromatic heterocycles. The highest BCUT2D eigenvalue weighted by Gasteiger charge is 2.16. The molecule has 2 aromatic carbocycles. The van der Waals surface area contributed by atoms with Gasteiger partial charge in [0, 0.05) is 39.5 Å². The van der Waals surface area contributed by atoms with Crippen molar-refractivity contribution in [3.63, 3.8) is 0 Å². The van der Waals surface area contributed by atoms with Crippen molar-refractivity contribution >= 4 is 39.4 Å². The van der Waals surface area contributed by atoms with Crippen LogP contribution in [0.2, 0.25) is 5.02 Å². The molecular weight excluding hydrogens is 246 g/mol. The summed E-state index contributed by atoms with van der Waals surface area (Å²) in [7, 11) is 0. The predicted octanol–water partition coefficient (Wildman–Crippen LogP) is 4.31. The van der Waals surface area contributed by atoms with Gasteiger partial charge in [-0.15, -0.1) is 0 Å². The molecule has 18 heavy (non-hydrogen) atoms. The van der Waals surface area contributed by atoms with Crippen LogP contribution in [0.4, 0.5) is 0 Å². The predicted molar refractivity (Wildman–Crippen MR) is 74.6 cm³/mol. The molecule has 0 unspecified atom stereocenters. The lowest BCUT2D eigenvalue weighted by atomic mass is 10.0. The molecule has 0 fully saturated rings. The first-order chi connectivity index (χ1) is 8.84. The van der Waals surface area contributed by atoms with Crippen LogP contribution < -0.4 is 5.32 Å². The first-order valence-electron chi connectivity index (χ1n) is 5.87. The first-order valence-corrected chi connectivity index (χ1v) is 6.25. The second kappa shape index (κ2) is 3.53. The van der Waals surface area contributed by atoms with Gasteiger partial charge in [0.25, 0.3) is 0 Å². The van der Waals surface area contributed by atoms with E-state index in [0.29, 0.717) is 0 Å². The van der Waals surface area contributed by atoms with Gasteiger partial charge in [-0.25, -0.2) is 0 Å². The van der Waals surface area contributed by atoms with Crippen LogP contribution in [0.5, 0.6) is 0 Å². The number of hydrogen-bond donors (Lipinski definition) is 1. The standard InChI is InChI=1S/C15H10ClNO/c16-13-3-1-2-10-9(13)4-5-11-12-8-17-7-6-14(12)18-15(10)11/h1-7,17H,8H2. The molecule has 88 valence electrons. The smallest absolute Gasteiger partial charge is 0.143 e. The van der Waals surface area contributed by atoms with Gasteiger partial charge in [0.1, 0.15) is 11.3 Å². The Morgan fingerprint density at radius 3 is 2.89 bits per heavy atom. The molecule has 0 saturated carbocycles. The molecule has 0 amide bonds. The average Bonchev–Trinajstić information content (AvgIpc) is 2.78. The van der Waals surface area contributed by atoms with Gasteiger partial charge in [0.15, 0.2) is 0 Å². The second-order valence-corrected chi connectivity index (χ2v) is 4.84. The molecule has 1 aliphatic rings. The van der Waals surface area contributed by atoms with Crippen LogP contribution in [0.15, 0.2) is 40.9 Å². The summed E-state index contributed by atoms with van der Waals surface area (Å²) in [6, 6.07) is 10.1. The summed E-state index contributed by atoms with van der Waals surface area (Å²) in [6.45, 7) is 0.810. The average molecular weight is 256 g/mol. The minimum Gasteiger partial charge on any atom is -0.456 e. The minimum absolute atomic E-state index is 0.762. The molecule has 0 saturated heterocycles. The van der Waals surface area contributed by atoms with Crippen LogP contribution in [0.25, 0.3) is 27.8 Å². The number of halogens is 1. The van der Waals surface area contributed by atoms with Gasteiger partial charge in [-0.2, -0.15) is 0 Å². The third-order valence-electron chi connectivity index (χ3n) is 3.42. The lowest BCUT2D eigenvalue weighted by Gasteiger charge is -2.05. The Balaban J connectivity index is 2.20. The van der Waals surface area contributed by atoms with Crippen LogP contribution in [0.3, 0.4) is 0 Å². The Morgan fingerprint density at radius 1 is 1.06 bits per heavy atom. The molecule has 0 bridgehead atoms. The fourth-order valence-electron chi connectivity index (χ4n) is 2.56. The molecule has 3 aromatic rings. The summed E-state index contributed by atoms with van der Waals surface area (Å²) in [5.41, 5.74) is 2.14. The summed E-state index contributed by atoms with van der Waals surface area (Å²) in [5, 5.41) is 7.25. The number of fused-ring (bicyclic) bond motifs is 5. The number of benzene rings is 2.